The summed E-state index contributed by atoms with van der Waals surface area (Å²) in [5.74, 6) is 0.0124. The largest absolute Gasteiger partial charge is 0.479 e. The number of aromatic nitrogens is 1. The predicted octanol–water partition coefficient (Wildman–Crippen LogP) is -0.253. The molecule has 0 aromatic carbocycles. The second-order valence-electron chi connectivity index (χ2n) is 2.68. The minimum Gasteiger partial charge on any atom is -0.479 e. The zero-order valence-electron chi connectivity index (χ0n) is 8.06. The number of aliphatic hydroxyl groups excluding tert-OH is 1. The third kappa shape index (κ3) is 2.23. The van der Waals surface area contributed by atoms with Gasteiger partial charge >= 0.3 is 0 Å². The number of likely N-dealkylation sites (N-methyl/N-ethyl adjacent to an activating group) is 1. The van der Waals surface area contributed by atoms with Gasteiger partial charge in [-0.2, -0.15) is 0 Å². The maximum atomic E-state index is 11.5. The van der Waals surface area contributed by atoms with Crippen molar-refractivity contribution < 1.29 is 19.2 Å². The Morgan fingerprint density at radius 1 is 1.79 bits per heavy atom. The SMILES string of the molecule is COc1cc(C(=O)N(C)CCO)on1. The van der Waals surface area contributed by atoms with Crippen LogP contribution in [0.3, 0.4) is 0 Å². The third-order valence-corrected chi connectivity index (χ3v) is 1.69. The number of amides is 1. The summed E-state index contributed by atoms with van der Waals surface area (Å²) in [7, 11) is 3.00. The zero-order valence-corrected chi connectivity index (χ0v) is 8.06. The van der Waals surface area contributed by atoms with Gasteiger partial charge in [-0.25, -0.2) is 0 Å². The lowest BCUT2D eigenvalue weighted by atomic mass is 10.4. The summed E-state index contributed by atoms with van der Waals surface area (Å²) in [6.07, 6.45) is 0. The van der Waals surface area contributed by atoms with E-state index in [9.17, 15) is 4.79 Å². The maximum Gasteiger partial charge on any atom is 0.292 e. The van der Waals surface area contributed by atoms with Crippen LogP contribution >= 0.6 is 0 Å². The van der Waals surface area contributed by atoms with Gasteiger partial charge in [-0.1, -0.05) is 0 Å². The molecule has 0 saturated carbocycles. The Kier molecular flexibility index (Phi) is 3.47. The third-order valence-electron chi connectivity index (χ3n) is 1.69. The number of hydrogen-bond acceptors (Lipinski definition) is 5. The highest BCUT2D eigenvalue weighted by Crippen LogP contribution is 2.11. The monoisotopic (exact) mass is 200 g/mol. The standard InChI is InChI=1S/C8H12N2O4/c1-10(3-4-11)8(12)6-5-7(13-2)9-14-6/h5,11H,3-4H2,1-2H3. The van der Waals surface area contributed by atoms with Gasteiger partial charge < -0.3 is 19.3 Å². The van der Waals surface area contributed by atoms with E-state index in [0.717, 1.165) is 0 Å². The minimum absolute atomic E-state index is 0.0898. The maximum absolute atomic E-state index is 11.5. The van der Waals surface area contributed by atoms with Gasteiger partial charge in [-0.05, 0) is 5.16 Å². The van der Waals surface area contributed by atoms with Crippen LogP contribution in [0.4, 0.5) is 0 Å². The van der Waals surface area contributed by atoms with Gasteiger partial charge in [0.1, 0.15) is 0 Å². The number of carbonyl (C=O) groups is 1. The Balaban J connectivity index is 2.68. The van der Waals surface area contributed by atoms with Gasteiger partial charge in [-0.15, -0.1) is 0 Å². The molecule has 1 rings (SSSR count). The van der Waals surface area contributed by atoms with Crippen molar-refractivity contribution in [2.24, 2.45) is 0 Å². The Hall–Kier alpha value is -1.56. The number of hydrogen-bond donors (Lipinski definition) is 1. The topological polar surface area (TPSA) is 75.8 Å². The van der Waals surface area contributed by atoms with E-state index in [1.54, 1.807) is 7.05 Å². The predicted molar refractivity (Wildman–Crippen MR) is 47.1 cm³/mol. The lowest BCUT2D eigenvalue weighted by Gasteiger charge is -2.12. The molecule has 6 heteroatoms. The van der Waals surface area contributed by atoms with Crippen molar-refractivity contribution in [3.05, 3.63) is 11.8 Å². The highest BCUT2D eigenvalue weighted by Gasteiger charge is 2.17. The molecule has 0 spiro atoms. The van der Waals surface area contributed by atoms with Crippen LogP contribution in [0.25, 0.3) is 0 Å². The van der Waals surface area contributed by atoms with Crippen LogP contribution in [-0.2, 0) is 0 Å². The van der Waals surface area contributed by atoms with Gasteiger partial charge in [0.05, 0.1) is 19.8 Å². The number of carbonyl (C=O) groups excluding carboxylic acids is 1. The van der Waals surface area contributed by atoms with Crippen LogP contribution in [0.15, 0.2) is 10.6 Å². The van der Waals surface area contributed by atoms with Crippen LogP contribution in [0.2, 0.25) is 0 Å². The van der Waals surface area contributed by atoms with E-state index in [1.165, 1.54) is 18.1 Å². The van der Waals surface area contributed by atoms with Gasteiger partial charge in [0, 0.05) is 13.6 Å². The second-order valence-corrected chi connectivity index (χ2v) is 2.68. The molecule has 0 aliphatic carbocycles. The highest BCUT2D eigenvalue weighted by atomic mass is 16.5. The smallest absolute Gasteiger partial charge is 0.292 e. The van der Waals surface area contributed by atoms with Gasteiger partial charge in [0.2, 0.25) is 5.76 Å². The van der Waals surface area contributed by atoms with Crippen LogP contribution < -0.4 is 4.74 Å². The van der Waals surface area contributed by atoms with Gasteiger partial charge in [0.25, 0.3) is 11.8 Å². The fraction of sp³-hybridized carbons (Fsp3) is 0.500. The Morgan fingerprint density at radius 3 is 3.00 bits per heavy atom. The van der Waals surface area contributed by atoms with Crippen molar-refractivity contribution in [1.82, 2.24) is 10.1 Å². The summed E-state index contributed by atoms with van der Waals surface area (Å²) < 4.78 is 9.50. The van der Waals surface area contributed by atoms with E-state index in [0.29, 0.717) is 0 Å². The molecule has 0 aliphatic heterocycles. The molecule has 1 aromatic heterocycles. The van der Waals surface area contributed by atoms with E-state index in [-0.39, 0.29) is 30.7 Å². The lowest BCUT2D eigenvalue weighted by Crippen LogP contribution is -2.29. The summed E-state index contributed by atoms with van der Waals surface area (Å²) in [6.45, 7) is 0.162. The first kappa shape index (κ1) is 10.5. The first-order chi connectivity index (χ1) is 6.69. The zero-order chi connectivity index (χ0) is 10.6. The van der Waals surface area contributed by atoms with E-state index in [2.05, 4.69) is 5.16 Å². The molecule has 0 atom stereocenters. The lowest BCUT2D eigenvalue weighted by molar-refractivity contribution is 0.0725. The van der Waals surface area contributed by atoms with Crippen LogP contribution in [0.5, 0.6) is 5.88 Å². The molecule has 0 saturated heterocycles. The average Bonchev–Trinajstić information content (AvgIpc) is 2.65. The first-order valence-corrected chi connectivity index (χ1v) is 4.06. The van der Waals surface area contributed by atoms with Crippen LogP contribution in [-0.4, -0.2) is 48.4 Å². The molecule has 1 aromatic rings. The summed E-state index contributed by atoms with van der Waals surface area (Å²) in [5, 5.41) is 12.1. The number of methoxy groups -OCH3 is 1. The quantitative estimate of drug-likeness (QED) is 0.725. The van der Waals surface area contributed by atoms with Gasteiger partial charge in [-0.3, -0.25) is 4.79 Å². The Bertz CT molecular complexity index is 310. The second kappa shape index (κ2) is 4.61. The minimum atomic E-state index is -0.338. The molecule has 1 heterocycles. The average molecular weight is 200 g/mol. The van der Waals surface area contributed by atoms with Gasteiger partial charge in [0.15, 0.2) is 0 Å². The molecule has 6 nitrogen and oxygen atoms in total. The molecule has 78 valence electrons. The molecular weight excluding hydrogens is 188 g/mol. The van der Waals surface area contributed by atoms with E-state index in [4.69, 9.17) is 14.4 Å². The molecule has 0 aliphatic rings. The Labute approximate surface area is 81.1 Å². The normalized spacial score (nSPS) is 9.93. The molecular formula is C8H12N2O4. The summed E-state index contributed by atoms with van der Waals surface area (Å²) in [6, 6.07) is 1.40. The van der Waals surface area contributed by atoms with Crippen molar-refractivity contribution in [3.63, 3.8) is 0 Å². The fourth-order valence-electron chi connectivity index (χ4n) is 0.896. The molecule has 1 N–H and O–H groups in total. The van der Waals surface area contributed by atoms with E-state index in [1.807, 2.05) is 0 Å². The van der Waals surface area contributed by atoms with Crippen LogP contribution in [0.1, 0.15) is 10.6 Å². The first-order valence-electron chi connectivity index (χ1n) is 4.06. The molecule has 0 bridgehead atoms. The number of aliphatic hydroxyl groups is 1. The molecule has 1 amide bonds. The van der Waals surface area contributed by atoms with Crippen molar-refractivity contribution in [1.29, 1.82) is 0 Å². The van der Waals surface area contributed by atoms with Crippen molar-refractivity contribution in [2.45, 2.75) is 0 Å². The summed E-state index contributed by atoms with van der Waals surface area (Å²) in [5.41, 5.74) is 0. The molecule has 0 unspecified atom stereocenters. The van der Waals surface area contributed by atoms with E-state index < -0.39 is 0 Å². The van der Waals surface area contributed by atoms with Crippen molar-refractivity contribution in [3.8, 4) is 5.88 Å². The number of nitrogens with zero attached hydrogens (tertiary/aromatic N) is 2. The van der Waals surface area contributed by atoms with Crippen molar-refractivity contribution >= 4 is 5.91 Å². The number of rotatable bonds is 4. The Morgan fingerprint density at radius 2 is 2.50 bits per heavy atom. The summed E-state index contributed by atoms with van der Waals surface area (Å²) in [4.78, 5) is 12.8. The summed E-state index contributed by atoms with van der Waals surface area (Å²) >= 11 is 0. The molecule has 0 fully saturated rings. The fourth-order valence-corrected chi connectivity index (χ4v) is 0.896. The van der Waals surface area contributed by atoms with E-state index >= 15 is 0 Å². The highest BCUT2D eigenvalue weighted by molar-refractivity contribution is 5.91. The molecule has 0 radical (unpaired) electrons. The molecule has 14 heavy (non-hydrogen) atoms. The number of ether oxygens (including phenoxy) is 1. The van der Waals surface area contributed by atoms with Crippen molar-refractivity contribution in [2.75, 3.05) is 27.3 Å². The van der Waals surface area contributed by atoms with Crippen LogP contribution in [0, 0.1) is 0 Å².